The lowest BCUT2D eigenvalue weighted by atomic mass is 9.96. The van der Waals surface area contributed by atoms with Gasteiger partial charge < -0.3 is 10.1 Å². The summed E-state index contributed by atoms with van der Waals surface area (Å²) < 4.78 is 18.2. The Balaban J connectivity index is 1.94. The van der Waals surface area contributed by atoms with E-state index < -0.39 is 30.3 Å². The number of esters is 1. The van der Waals surface area contributed by atoms with Crippen LogP contribution in [0.25, 0.3) is 0 Å². The number of Topliss-reactive ketones (excluding diaryl/α,β-unsaturated/α-hetero) is 1. The fraction of sp³-hybridized carbons (Fsp3) is 0.286. The van der Waals surface area contributed by atoms with Crippen molar-refractivity contribution in [3.05, 3.63) is 70.0 Å². The topological polar surface area (TPSA) is 72.5 Å². The molecule has 0 aliphatic heterocycles. The molecule has 0 heterocycles. The van der Waals surface area contributed by atoms with Crippen LogP contribution >= 0.6 is 0 Å². The van der Waals surface area contributed by atoms with E-state index in [1.807, 2.05) is 26.8 Å². The molecule has 2 rings (SSSR count). The highest BCUT2D eigenvalue weighted by atomic mass is 19.1. The van der Waals surface area contributed by atoms with Gasteiger partial charge in [0.15, 0.2) is 6.10 Å². The van der Waals surface area contributed by atoms with Crippen molar-refractivity contribution in [1.29, 1.82) is 0 Å². The minimum absolute atomic E-state index is 0.0951. The molecule has 1 atom stereocenters. The second-order valence-electron chi connectivity index (χ2n) is 6.44. The summed E-state index contributed by atoms with van der Waals surface area (Å²) in [6, 6.07) is 8.80. The van der Waals surface area contributed by atoms with E-state index >= 15 is 0 Å². The molecule has 27 heavy (non-hydrogen) atoms. The molecule has 2 aromatic carbocycles. The minimum Gasteiger partial charge on any atom is -0.453 e. The van der Waals surface area contributed by atoms with Crippen LogP contribution in [0.2, 0.25) is 0 Å². The standard InChI is InChI=1S/C21H22FNO4/c1-12-8-14(3)18(9-13(12)2)20(25)15(4)27-19(24)11-23-21(26)16-6-5-7-17(22)10-16/h5-10,15H,11H2,1-4H3,(H,23,26)/t15-/m0/s1. The van der Waals surface area contributed by atoms with Crippen molar-refractivity contribution in [2.45, 2.75) is 33.8 Å². The Hall–Kier alpha value is -3.02. The molecule has 0 bridgehead atoms. The Morgan fingerprint density at radius 1 is 1.04 bits per heavy atom. The Morgan fingerprint density at radius 2 is 1.70 bits per heavy atom. The first-order valence-corrected chi connectivity index (χ1v) is 8.54. The van der Waals surface area contributed by atoms with Crippen LogP contribution in [0.4, 0.5) is 4.39 Å². The molecule has 0 radical (unpaired) electrons. The molecule has 0 saturated carbocycles. The predicted molar refractivity (Wildman–Crippen MR) is 99.3 cm³/mol. The van der Waals surface area contributed by atoms with Gasteiger partial charge in [-0.15, -0.1) is 0 Å². The average molecular weight is 371 g/mol. The van der Waals surface area contributed by atoms with Crippen LogP contribution < -0.4 is 5.32 Å². The first-order chi connectivity index (χ1) is 12.7. The van der Waals surface area contributed by atoms with Crippen molar-refractivity contribution in [1.82, 2.24) is 5.32 Å². The smallest absolute Gasteiger partial charge is 0.326 e. The summed E-state index contributed by atoms with van der Waals surface area (Å²) in [4.78, 5) is 36.4. The van der Waals surface area contributed by atoms with Gasteiger partial charge in [-0.25, -0.2) is 4.39 Å². The third kappa shape index (κ3) is 5.23. The summed E-state index contributed by atoms with van der Waals surface area (Å²) in [7, 11) is 0. The van der Waals surface area contributed by atoms with Crippen LogP contribution in [0.1, 0.15) is 44.3 Å². The second kappa shape index (κ2) is 8.58. The van der Waals surface area contributed by atoms with Gasteiger partial charge in [0.05, 0.1) is 0 Å². The third-order valence-electron chi connectivity index (χ3n) is 4.26. The molecule has 0 aliphatic carbocycles. The third-order valence-corrected chi connectivity index (χ3v) is 4.26. The molecule has 0 fully saturated rings. The van der Waals surface area contributed by atoms with E-state index in [0.717, 1.165) is 22.8 Å². The van der Waals surface area contributed by atoms with Gasteiger partial charge in [0.1, 0.15) is 12.4 Å². The Labute approximate surface area is 157 Å². The second-order valence-corrected chi connectivity index (χ2v) is 6.44. The number of hydrogen-bond acceptors (Lipinski definition) is 4. The maximum Gasteiger partial charge on any atom is 0.326 e. The zero-order valence-corrected chi connectivity index (χ0v) is 15.8. The maximum absolute atomic E-state index is 13.1. The largest absolute Gasteiger partial charge is 0.453 e. The SMILES string of the molecule is Cc1cc(C)c(C(=O)[C@H](C)OC(=O)CNC(=O)c2cccc(F)c2)cc1C. The van der Waals surface area contributed by atoms with E-state index in [-0.39, 0.29) is 11.3 Å². The molecule has 6 heteroatoms. The molecule has 5 nitrogen and oxygen atoms in total. The van der Waals surface area contributed by atoms with Crippen molar-refractivity contribution in [3.63, 3.8) is 0 Å². The molecule has 0 unspecified atom stereocenters. The number of hydrogen-bond donors (Lipinski definition) is 1. The van der Waals surface area contributed by atoms with Crippen molar-refractivity contribution < 1.29 is 23.5 Å². The summed E-state index contributed by atoms with van der Waals surface area (Å²) in [5.41, 5.74) is 3.46. The van der Waals surface area contributed by atoms with Gasteiger partial charge in [0, 0.05) is 11.1 Å². The highest BCUT2D eigenvalue weighted by molar-refractivity contribution is 6.02. The van der Waals surface area contributed by atoms with Crippen LogP contribution in [0.5, 0.6) is 0 Å². The van der Waals surface area contributed by atoms with Crippen molar-refractivity contribution >= 4 is 17.7 Å². The van der Waals surface area contributed by atoms with Gasteiger partial charge in [-0.2, -0.15) is 0 Å². The van der Waals surface area contributed by atoms with Crippen molar-refractivity contribution in [2.75, 3.05) is 6.54 Å². The van der Waals surface area contributed by atoms with Gasteiger partial charge in [-0.1, -0.05) is 12.1 Å². The first-order valence-electron chi connectivity index (χ1n) is 8.54. The van der Waals surface area contributed by atoms with E-state index in [9.17, 15) is 18.8 Å². The molecule has 0 aliphatic rings. The van der Waals surface area contributed by atoms with E-state index in [0.29, 0.717) is 5.56 Å². The maximum atomic E-state index is 13.1. The minimum atomic E-state index is -0.982. The van der Waals surface area contributed by atoms with Crippen LogP contribution in [0.15, 0.2) is 36.4 Å². The number of nitrogens with one attached hydrogen (secondary N) is 1. The van der Waals surface area contributed by atoms with E-state index in [4.69, 9.17) is 4.74 Å². The molecular formula is C21H22FNO4. The Morgan fingerprint density at radius 3 is 2.37 bits per heavy atom. The Kier molecular flexibility index (Phi) is 6.45. The quantitative estimate of drug-likeness (QED) is 0.625. The molecule has 0 saturated heterocycles. The first kappa shape index (κ1) is 20.3. The number of benzene rings is 2. The number of ether oxygens (including phenoxy) is 1. The van der Waals surface area contributed by atoms with Crippen molar-refractivity contribution in [3.8, 4) is 0 Å². The zero-order chi connectivity index (χ0) is 20.1. The van der Waals surface area contributed by atoms with Gasteiger partial charge in [-0.3, -0.25) is 14.4 Å². The lowest BCUT2D eigenvalue weighted by Crippen LogP contribution is -2.34. The van der Waals surface area contributed by atoms with Crippen LogP contribution in [0.3, 0.4) is 0 Å². The van der Waals surface area contributed by atoms with E-state index in [1.165, 1.54) is 25.1 Å². The number of carbonyl (C=O) groups is 3. The highest BCUT2D eigenvalue weighted by Gasteiger charge is 2.22. The molecule has 0 spiro atoms. The van der Waals surface area contributed by atoms with Gasteiger partial charge in [0.2, 0.25) is 5.78 Å². The fourth-order valence-electron chi connectivity index (χ4n) is 2.62. The normalized spacial score (nSPS) is 11.6. The highest BCUT2D eigenvalue weighted by Crippen LogP contribution is 2.18. The van der Waals surface area contributed by atoms with Crippen LogP contribution in [-0.2, 0) is 9.53 Å². The summed E-state index contributed by atoms with van der Waals surface area (Å²) >= 11 is 0. The summed E-state index contributed by atoms with van der Waals surface area (Å²) in [5, 5.41) is 2.35. The number of halogens is 1. The molecule has 1 N–H and O–H groups in total. The van der Waals surface area contributed by atoms with E-state index in [1.54, 1.807) is 6.07 Å². The fourth-order valence-corrected chi connectivity index (χ4v) is 2.62. The number of rotatable bonds is 6. The molecule has 2 aromatic rings. The van der Waals surface area contributed by atoms with Crippen LogP contribution in [0, 0.1) is 26.6 Å². The average Bonchev–Trinajstić information content (AvgIpc) is 2.62. The summed E-state index contributed by atoms with van der Waals surface area (Å²) in [5.74, 6) is -2.20. The van der Waals surface area contributed by atoms with Gasteiger partial charge in [0.25, 0.3) is 5.91 Å². The monoisotopic (exact) mass is 371 g/mol. The number of carbonyl (C=O) groups excluding carboxylic acids is 3. The molecular weight excluding hydrogens is 349 g/mol. The number of aryl methyl sites for hydroxylation is 3. The summed E-state index contributed by atoms with van der Waals surface area (Å²) in [6.07, 6.45) is -0.982. The number of ketones is 1. The molecule has 142 valence electrons. The lowest BCUT2D eigenvalue weighted by molar-refractivity contribution is -0.145. The predicted octanol–water partition coefficient (Wildman–Crippen LogP) is 3.30. The lowest BCUT2D eigenvalue weighted by Gasteiger charge is -2.15. The number of amides is 1. The molecule has 0 aromatic heterocycles. The molecule has 1 amide bonds. The Bertz CT molecular complexity index is 892. The van der Waals surface area contributed by atoms with Gasteiger partial charge >= 0.3 is 5.97 Å². The van der Waals surface area contributed by atoms with Gasteiger partial charge in [-0.05, 0) is 68.7 Å². The van der Waals surface area contributed by atoms with E-state index in [2.05, 4.69) is 5.32 Å². The summed E-state index contributed by atoms with van der Waals surface area (Å²) in [6.45, 7) is 6.76. The van der Waals surface area contributed by atoms with Crippen molar-refractivity contribution in [2.24, 2.45) is 0 Å². The zero-order valence-electron chi connectivity index (χ0n) is 15.8. The van der Waals surface area contributed by atoms with Crippen LogP contribution in [-0.4, -0.2) is 30.3 Å².